The van der Waals surface area contributed by atoms with Gasteiger partial charge in [-0.2, -0.15) is 0 Å². The zero-order valence-corrected chi connectivity index (χ0v) is 14.4. The van der Waals surface area contributed by atoms with Crippen molar-refractivity contribution in [1.82, 2.24) is 9.55 Å². The molecular weight excluding hydrogens is 316 g/mol. The van der Waals surface area contributed by atoms with E-state index in [0.29, 0.717) is 6.61 Å². The molecule has 0 N–H and O–H groups in total. The zero-order valence-electron chi connectivity index (χ0n) is 14.4. The zero-order chi connectivity index (χ0) is 17.1. The quantitative estimate of drug-likeness (QED) is 0.682. The first kappa shape index (κ1) is 16.0. The smallest absolute Gasteiger partial charge is 0.139 e. The number of fused-ring (bicyclic) bond motifs is 1. The van der Waals surface area contributed by atoms with E-state index in [1.165, 1.54) is 0 Å². The van der Waals surface area contributed by atoms with E-state index in [4.69, 9.17) is 19.2 Å². The molecule has 0 bridgehead atoms. The van der Waals surface area contributed by atoms with Crippen LogP contribution in [0.1, 0.15) is 24.8 Å². The maximum atomic E-state index is 5.90. The molecule has 2 heterocycles. The highest BCUT2D eigenvalue weighted by atomic mass is 16.5. The third-order valence-corrected chi connectivity index (χ3v) is 4.54. The molecule has 25 heavy (non-hydrogen) atoms. The predicted molar refractivity (Wildman–Crippen MR) is 96.1 cm³/mol. The number of ether oxygens (including phenoxy) is 3. The largest absolute Gasteiger partial charge is 0.497 e. The van der Waals surface area contributed by atoms with Gasteiger partial charge in [0.2, 0.25) is 0 Å². The molecule has 5 nitrogen and oxygen atoms in total. The standard InChI is InChI=1S/C20H22N2O3/c1-23-15-8-10-16(11-9-15)24-14-12-22-18-6-3-2-5-17(18)21-20(22)19-7-4-13-25-19/h2-3,5-6,8-11,19H,4,7,12-14H2,1H3/t19-/m1/s1. The Balaban J connectivity index is 1.52. The molecule has 0 amide bonds. The molecule has 0 unspecified atom stereocenters. The molecule has 2 aromatic carbocycles. The van der Waals surface area contributed by atoms with Gasteiger partial charge in [-0.1, -0.05) is 12.1 Å². The van der Waals surface area contributed by atoms with Crippen LogP contribution in [0.25, 0.3) is 11.0 Å². The Morgan fingerprint density at radius 1 is 1.12 bits per heavy atom. The summed E-state index contributed by atoms with van der Waals surface area (Å²) in [7, 11) is 1.66. The van der Waals surface area contributed by atoms with Crippen molar-refractivity contribution in [2.75, 3.05) is 20.3 Å². The van der Waals surface area contributed by atoms with Crippen LogP contribution in [0.3, 0.4) is 0 Å². The van der Waals surface area contributed by atoms with Crippen LogP contribution in [0.5, 0.6) is 11.5 Å². The van der Waals surface area contributed by atoms with E-state index in [-0.39, 0.29) is 6.10 Å². The van der Waals surface area contributed by atoms with Crippen LogP contribution >= 0.6 is 0 Å². The second-order valence-corrected chi connectivity index (χ2v) is 6.14. The fraction of sp³-hybridized carbons (Fsp3) is 0.350. The first-order valence-corrected chi connectivity index (χ1v) is 8.69. The highest BCUT2D eigenvalue weighted by Gasteiger charge is 2.24. The molecule has 5 heteroatoms. The van der Waals surface area contributed by atoms with Gasteiger partial charge in [0.1, 0.15) is 30.0 Å². The Labute approximate surface area is 147 Å². The lowest BCUT2D eigenvalue weighted by Crippen LogP contribution is -2.13. The van der Waals surface area contributed by atoms with E-state index in [2.05, 4.69) is 16.7 Å². The average Bonchev–Trinajstić information content (AvgIpc) is 3.30. The number of methoxy groups -OCH3 is 1. The van der Waals surface area contributed by atoms with E-state index in [0.717, 1.165) is 54.4 Å². The Hall–Kier alpha value is -2.53. The molecule has 1 fully saturated rings. The van der Waals surface area contributed by atoms with Gasteiger partial charge >= 0.3 is 0 Å². The van der Waals surface area contributed by atoms with Gasteiger partial charge in [0.25, 0.3) is 0 Å². The molecule has 0 aliphatic carbocycles. The summed E-state index contributed by atoms with van der Waals surface area (Å²) in [5.41, 5.74) is 2.14. The molecule has 1 aliphatic rings. The average molecular weight is 338 g/mol. The Kier molecular flexibility index (Phi) is 4.57. The highest BCUT2D eigenvalue weighted by Crippen LogP contribution is 2.30. The van der Waals surface area contributed by atoms with E-state index in [9.17, 15) is 0 Å². The molecule has 0 spiro atoms. The van der Waals surface area contributed by atoms with Gasteiger partial charge < -0.3 is 18.8 Å². The molecule has 130 valence electrons. The third-order valence-electron chi connectivity index (χ3n) is 4.54. The minimum absolute atomic E-state index is 0.0911. The van der Waals surface area contributed by atoms with Crippen LogP contribution in [0.4, 0.5) is 0 Å². The highest BCUT2D eigenvalue weighted by molar-refractivity contribution is 5.76. The number of benzene rings is 2. The SMILES string of the molecule is COc1ccc(OCCn2c([C@H]3CCCO3)nc3ccccc32)cc1. The summed E-state index contributed by atoms with van der Waals surface area (Å²) < 4.78 is 19.2. The molecule has 0 radical (unpaired) electrons. The predicted octanol–water partition coefficient (Wildman–Crippen LogP) is 3.98. The molecule has 0 saturated carbocycles. The monoisotopic (exact) mass is 338 g/mol. The van der Waals surface area contributed by atoms with Crippen molar-refractivity contribution in [3.63, 3.8) is 0 Å². The van der Waals surface area contributed by atoms with Crippen LogP contribution < -0.4 is 9.47 Å². The molecular formula is C20H22N2O3. The van der Waals surface area contributed by atoms with Crippen LogP contribution in [0.2, 0.25) is 0 Å². The summed E-state index contributed by atoms with van der Waals surface area (Å²) >= 11 is 0. The van der Waals surface area contributed by atoms with Crippen LogP contribution in [0, 0.1) is 0 Å². The fourth-order valence-corrected chi connectivity index (χ4v) is 3.28. The van der Waals surface area contributed by atoms with Crippen LogP contribution in [-0.4, -0.2) is 29.9 Å². The normalized spacial score (nSPS) is 17.1. The molecule has 4 rings (SSSR count). The number of hydrogen-bond donors (Lipinski definition) is 0. The van der Waals surface area contributed by atoms with E-state index >= 15 is 0 Å². The summed E-state index contributed by atoms with van der Waals surface area (Å²) in [5.74, 6) is 2.68. The van der Waals surface area contributed by atoms with Crippen molar-refractivity contribution in [1.29, 1.82) is 0 Å². The summed E-state index contributed by atoms with van der Waals surface area (Å²) in [6.07, 6.45) is 2.21. The molecule has 1 aliphatic heterocycles. The van der Waals surface area contributed by atoms with Gasteiger partial charge in [-0.25, -0.2) is 4.98 Å². The summed E-state index contributed by atoms with van der Waals surface area (Å²) in [5, 5.41) is 0. The molecule has 1 atom stereocenters. The second kappa shape index (κ2) is 7.15. The summed E-state index contributed by atoms with van der Waals surface area (Å²) in [6.45, 7) is 2.13. The molecule has 3 aromatic rings. The van der Waals surface area contributed by atoms with Crippen molar-refractivity contribution in [3.05, 3.63) is 54.4 Å². The Bertz CT molecular complexity index is 836. The number of imidazole rings is 1. The van der Waals surface area contributed by atoms with Crippen molar-refractivity contribution in [2.45, 2.75) is 25.5 Å². The first-order valence-electron chi connectivity index (χ1n) is 8.69. The lowest BCUT2D eigenvalue weighted by Gasteiger charge is -2.14. The number of nitrogens with zero attached hydrogens (tertiary/aromatic N) is 2. The second-order valence-electron chi connectivity index (χ2n) is 6.14. The van der Waals surface area contributed by atoms with Gasteiger partial charge in [0.05, 0.1) is 24.7 Å². The van der Waals surface area contributed by atoms with Crippen LogP contribution in [-0.2, 0) is 11.3 Å². The number of para-hydroxylation sites is 2. The van der Waals surface area contributed by atoms with E-state index in [1.807, 2.05) is 36.4 Å². The minimum Gasteiger partial charge on any atom is -0.497 e. The van der Waals surface area contributed by atoms with Crippen molar-refractivity contribution in [2.24, 2.45) is 0 Å². The van der Waals surface area contributed by atoms with Crippen LogP contribution in [0.15, 0.2) is 48.5 Å². The van der Waals surface area contributed by atoms with Gasteiger partial charge in [-0.05, 0) is 49.2 Å². The number of aromatic nitrogens is 2. The molecule has 1 aromatic heterocycles. The maximum absolute atomic E-state index is 5.90. The summed E-state index contributed by atoms with van der Waals surface area (Å²) in [6, 6.07) is 15.9. The Morgan fingerprint density at radius 2 is 1.92 bits per heavy atom. The maximum Gasteiger partial charge on any atom is 0.139 e. The van der Waals surface area contributed by atoms with Crippen molar-refractivity contribution in [3.8, 4) is 11.5 Å². The lowest BCUT2D eigenvalue weighted by molar-refractivity contribution is 0.101. The number of hydrogen-bond acceptors (Lipinski definition) is 4. The van der Waals surface area contributed by atoms with Crippen molar-refractivity contribution >= 4 is 11.0 Å². The van der Waals surface area contributed by atoms with Crippen molar-refractivity contribution < 1.29 is 14.2 Å². The van der Waals surface area contributed by atoms with Gasteiger partial charge in [0, 0.05) is 6.61 Å². The number of rotatable bonds is 6. The van der Waals surface area contributed by atoms with Gasteiger partial charge in [-0.15, -0.1) is 0 Å². The van der Waals surface area contributed by atoms with Gasteiger partial charge in [0.15, 0.2) is 0 Å². The van der Waals surface area contributed by atoms with E-state index < -0.39 is 0 Å². The topological polar surface area (TPSA) is 45.5 Å². The lowest BCUT2D eigenvalue weighted by atomic mass is 10.2. The summed E-state index contributed by atoms with van der Waals surface area (Å²) in [4.78, 5) is 4.81. The molecule has 1 saturated heterocycles. The van der Waals surface area contributed by atoms with E-state index in [1.54, 1.807) is 7.11 Å². The first-order chi connectivity index (χ1) is 12.3. The Morgan fingerprint density at radius 3 is 2.68 bits per heavy atom. The fourth-order valence-electron chi connectivity index (χ4n) is 3.28. The van der Waals surface area contributed by atoms with Gasteiger partial charge in [-0.3, -0.25) is 0 Å². The minimum atomic E-state index is 0.0911. The third kappa shape index (κ3) is 3.33.